The van der Waals surface area contributed by atoms with E-state index in [0.717, 1.165) is 18.5 Å². The number of piperidine rings is 1. The predicted molar refractivity (Wildman–Crippen MR) is 79.8 cm³/mol. The number of carbonyl (C=O) groups excluding carboxylic acids is 1. The first kappa shape index (κ1) is 13.4. The first-order valence-electron chi connectivity index (χ1n) is 7.88. The predicted octanol–water partition coefficient (Wildman–Crippen LogP) is 1.47. The molecule has 2 bridgehead atoms. The van der Waals surface area contributed by atoms with Crippen LogP contribution in [0.5, 0.6) is 0 Å². The quantitative estimate of drug-likeness (QED) is 0.857. The van der Waals surface area contributed by atoms with Crippen LogP contribution in [0, 0.1) is 5.92 Å². The summed E-state index contributed by atoms with van der Waals surface area (Å²) in [6.45, 7) is 0.900. The molecule has 0 unspecified atom stereocenters. The van der Waals surface area contributed by atoms with E-state index in [1.807, 2.05) is 30.3 Å². The van der Waals surface area contributed by atoms with Crippen molar-refractivity contribution in [3.8, 4) is 0 Å². The standard InChI is InChI=1S/C16H19N5O/c22-16(20-10-13-6-7-14(20)8-13)15(21-11-17-18-19-21)9-12-4-2-1-3-5-12/h1-5,11,13-15H,6-10H2/t13-,14-,15+/m0/s1. The summed E-state index contributed by atoms with van der Waals surface area (Å²) in [5, 5.41) is 11.4. The molecule has 6 nitrogen and oxygen atoms in total. The molecule has 4 rings (SSSR count). The number of carbonyl (C=O) groups is 1. The van der Waals surface area contributed by atoms with Crippen LogP contribution in [-0.4, -0.2) is 43.6 Å². The molecule has 1 amide bonds. The highest BCUT2D eigenvalue weighted by Gasteiger charge is 2.42. The van der Waals surface area contributed by atoms with Gasteiger partial charge in [0.15, 0.2) is 0 Å². The average Bonchev–Trinajstić information content (AvgIpc) is 3.29. The lowest BCUT2D eigenvalue weighted by Gasteiger charge is -2.30. The molecule has 1 saturated carbocycles. The molecule has 0 N–H and O–H groups in total. The fourth-order valence-electron chi connectivity index (χ4n) is 3.83. The first-order valence-corrected chi connectivity index (χ1v) is 7.88. The third-order valence-corrected chi connectivity index (χ3v) is 4.93. The number of benzene rings is 1. The van der Waals surface area contributed by atoms with E-state index in [9.17, 15) is 4.79 Å². The van der Waals surface area contributed by atoms with Gasteiger partial charge in [0.1, 0.15) is 12.4 Å². The Morgan fingerprint density at radius 2 is 2.14 bits per heavy atom. The topological polar surface area (TPSA) is 63.9 Å². The molecule has 2 fully saturated rings. The van der Waals surface area contributed by atoms with Gasteiger partial charge in [-0.2, -0.15) is 0 Å². The fraction of sp³-hybridized carbons (Fsp3) is 0.500. The number of fused-ring (bicyclic) bond motifs is 2. The molecule has 0 spiro atoms. The van der Waals surface area contributed by atoms with Gasteiger partial charge in [-0.15, -0.1) is 5.10 Å². The lowest BCUT2D eigenvalue weighted by atomic mass is 10.0. The maximum Gasteiger partial charge on any atom is 0.248 e. The van der Waals surface area contributed by atoms with Gasteiger partial charge in [0.25, 0.3) is 0 Å². The van der Waals surface area contributed by atoms with Crippen LogP contribution in [0.3, 0.4) is 0 Å². The summed E-state index contributed by atoms with van der Waals surface area (Å²) in [5.74, 6) is 0.851. The van der Waals surface area contributed by atoms with Gasteiger partial charge < -0.3 is 4.90 Å². The number of nitrogens with zero attached hydrogens (tertiary/aromatic N) is 5. The normalized spacial score (nSPS) is 24.6. The van der Waals surface area contributed by atoms with Gasteiger partial charge >= 0.3 is 0 Å². The van der Waals surface area contributed by atoms with Gasteiger partial charge in [0.2, 0.25) is 5.91 Å². The third-order valence-electron chi connectivity index (χ3n) is 4.93. The Balaban J connectivity index is 1.59. The molecule has 1 aliphatic heterocycles. The van der Waals surface area contributed by atoms with Crippen molar-refractivity contribution in [1.29, 1.82) is 0 Å². The monoisotopic (exact) mass is 297 g/mol. The van der Waals surface area contributed by atoms with Crippen molar-refractivity contribution in [1.82, 2.24) is 25.1 Å². The Labute approximate surface area is 129 Å². The Morgan fingerprint density at radius 3 is 2.77 bits per heavy atom. The van der Waals surface area contributed by atoms with E-state index >= 15 is 0 Å². The van der Waals surface area contributed by atoms with Crippen LogP contribution in [0.25, 0.3) is 0 Å². The summed E-state index contributed by atoms with van der Waals surface area (Å²) in [6.07, 6.45) is 5.74. The van der Waals surface area contributed by atoms with E-state index in [4.69, 9.17) is 0 Å². The van der Waals surface area contributed by atoms with Crippen LogP contribution in [0.1, 0.15) is 30.9 Å². The summed E-state index contributed by atoms with van der Waals surface area (Å²) in [7, 11) is 0. The molecule has 1 aromatic carbocycles. The molecule has 2 aromatic rings. The number of hydrogen-bond donors (Lipinski definition) is 0. The second kappa shape index (κ2) is 5.51. The lowest BCUT2D eigenvalue weighted by Crippen LogP contribution is -2.43. The van der Waals surface area contributed by atoms with Crippen molar-refractivity contribution in [3.63, 3.8) is 0 Å². The Morgan fingerprint density at radius 1 is 1.27 bits per heavy atom. The minimum atomic E-state index is -0.350. The fourth-order valence-corrected chi connectivity index (χ4v) is 3.83. The lowest BCUT2D eigenvalue weighted by molar-refractivity contribution is -0.136. The Hall–Kier alpha value is -2.24. The molecule has 2 heterocycles. The molecule has 22 heavy (non-hydrogen) atoms. The second-order valence-electron chi connectivity index (χ2n) is 6.32. The summed E-state index contributed by atoms with van der Waals surface area (Å²) >= 11 is 0. The van der Waals surface area contributed by atoms with Crippen LogP contribution in [0.2, 0.25) is 0 Å². The molecule has 1 saturated heterocycles. The average molecular weight is 297 g/mol. The number of rotatable bonds is 4. The van der Waals surface area contributed by atoms with E-state index in [1.54, 1.807) is 11.0 Å². The number of hydrogen-bond acceptors (Lipinski definition) is 4. The maximum atomic E-state index is 13.0. The smallest absolute Gasteiger partial charge is 0.248 e. The molecule has 0 radical (unpaired) electrons. The van der Waals surface area contributed by atoms with Crippen LogP contribution < -0.4 is 0 Å². The van der Waals surface area contributed by atoms with Crippen molar-refractivity contribution in [3.05, 3.63) is 42.2 Å². The van der Waals surface area contributed by atoms with E-state index in [-0.39, 0.29) is 11.9 Å². The number of likely N-dealkylation sites (tertiary alicyclic amines) is 1. The molecule has 1 aromatic heterocycles. The van der Waals surface area contributed by atoms with Gasteiger partial charge in [0, 0.05) is 19.0 Å². The minimum Gasteiger partial charge on any atom is -0.338 e. The summed E-state index contributed by atoms with van der Waals surface area (Å²) in [5.41, 5.74) is 1.13. The van der Waals surface area contributed by atoms with E-state index in [0.29, 0.717) is 18.4 Å². The largest absolute Gasteiger partial charge is 0.338 e. The van der Waals surface area contributed by atoms with E-state index in [1.165, 1.54) is 12.8 Å². The Bertz CT molecular complexity index is 642. The minimum absolute atomic E-state index is 0.156. The molecule has 114 valence electrons. The van der Waals surface area contributed by atoms with E-state index < -0.39 is 0 Å². The first-order chi connectivity index (χ1) is 10.8. The molecule has 2 aliphatic rings. The highest BCUT2D eigenvalue weighted by Crippen LogP contribution is 2.38. The van der Waals surface area contributed by atoms with Crippen LogP contribution in [0.15, 0.2) is 36.7 Å². The van der Waals surface area contributed by atoms with Crippen molar-refractivity contribution in [2.75, 3.05) is 6.54 Å². The highest BCUT2D eigenvalue weighted by atomic mass is 16.2. The second-order valence-corrected chi connectivity index (χ2v) is 6.32. The molecule has 3 atom stereocenters. The van der Waals surface area contributed by atoms with Crippen molar-refractivity contribution < 1.29 is 4.79 Å². The van der Waals surface area contributed by atoms with Crippen molar-refractivity contribution in [2.24, 2.45) is 5.92 Å². The van der Waals surface area contributed by atoms with Crippen LogP contribution in [-0.2, 0) is 11.2 Å². The highest BCUT2D eigenvalue weighted by molar-refractivity contribution is 5.81. The van der Waals surface area contributed by atoms with Gasteiger partial charge in [-0.1, -0.05) is 30.3 Å². The zero-order chi connectivity index (χ0) is 14.9. The van der Waals surface area contributed by atoms with E-state index in [2.05, 4.69) is 20.4 Å². The zero-order valence-corrected chi connectivity index (χ0v) is 12.4. The third kappa shape index (κ3) is 2.38. The number of amides is 1. The van der Waals surface area contributed by atoms with Gasteiger partial charge in [-0.05, 0) is 41.2 Å². The number of aromatic nitrogens is 4. The summed E-state index contributed by atoms with van der Waals surface area (Å²) in [6, 6.07) is 10.1. The Kier molecular flexibility index (Phi) is 3.36. The van der Waals surface area contributed by atoms with Crippen LogP contribution in [0.4, 0.5) is 0 Å². The van der Waals surface area contributed by atoms with Gasteiger partial charge in [-0.25, -0.2) is 4.68 Å². The summed E-state index contributed by atoms with van der Waals surface area (Å²) < 4.78 is 1.60. The van der Waals surface area contributed by atoms with Gasteiger partial charge in [0.05, 0.1) is 0 Å². The van der Waals surface area contributed by atoms with Crippen molar-refractivity contribution >= 4 is 5.91 Å². The molecule has 1 aliphatic carbocycles. The molecular formula is C16H19N5O. The summed E-state index contributed by atoms with van der Waals surface area (Å²) in [4.78, 5) is 15.1. The maximum absolute atomic E-state index is 13.0. The van der Waals surface area contributed by atoms with Crippen LogP contribution >= 0.6 is 0 Å². The van der Waals surface area contributed by atoms with Gasteiger partial charge in [-0.3, -0.25) is 4.79 Å². The van der Waals surface area contributed by atoms with Crippen molar-refractivity contribution in [2.45, 2.75) is 37.8 Å². The molecular weight excluding hydrogens is 278 g/mol. The number of tetrazole rings is 1. The molecule has 6 heteroatoms. The SMILES string of the molecule is O=C([C@@H](Cc1ccccc1)n1cnnn1)N1C[C@H]2CC[C@H]1C2. The zero-order valence-electron chi connectivity index (χ0n) is 12.4.